The van der Waals surface area contributed by atoms with Gasteiger partial charge in [0.2, 0.25) is 0 Å². The first-order valence-corrected chi connectivity index (χ1v) is 6.76. The van der Waals surface area contributed by atoms with E-state index in [1.165, 1.54) is 24.6 Å². The molecule has 17 heavy (non-hydrogen) atoms. The summed E-state index contributed by atoms with van der Waals surface area (Å²) in [5, 5.41) is 1.42. The van der Waals surface area contributed by atoms with Gasteiger partial charge in [0.1, 0.15) is 0 Å². The summed E-state index contributed by atoms with van der Waals surface area (Å²) in [7, 11) is 1.39. The molecule has 0 bridgehead atoms. The predicted octanol–water partition coefficient (Wildman–Crippen LogP) is 4.46. The van der Waals surface area contributed by atoms with E-state index in [2.05, 4.69) is 72.8 Å². The summed E-state index contributed by atoms with van der Waals surface area (Å²) >= 11 is 0. The van der Waals surface area contributed by atoms with Gasteiger partial charge in [-0.05, 0) is 11.1 Å². The molecule has 0 fully saturated rings. The average Bonchev–Trinajstić information content (AvgIpc) is 2.90. The van der Waals surface area contributed by atoms with Crippen LogP contribution in [-0.4, -0.2) is 5.29 Å². The summed E-state index contributed by atoms with van der Waals surface area (Å²) in [6.45, 7) is 0. The van der Waals surface area contributed by atoms with Crippen LogP contribution in [0.3, 0.4) is 0 Å². The molecular weight excluding hydrogens is 223 g/mol. The highest BCUT2D eigenvalue weighted by Gasteiger charge is 2.12. The lowest BCUT2D eigenvalue weighted by atomic mass is 10.1. The van der Waals surface area contributed by atoms with Crippen LogP contribution in [0.15, 0.2) is 72.8 Å². The van der Waals surface area contributed by atoms with Gasteiger partial charge in [-0.15, -0.1) is 0 Å². The van der Waals surface area contributed by atoms with Crippen molar-refractivity contribution in [2.24, 2.45) is 0 Å². The SMILES string of the molecule is C1=CC(c2ccccc2)P=C1c1ccccc1. The largest absolute Gasteiger partial charge is 0.0834 e. The molecule has 2 aromatic rings. The Morgan fingerprint density at radius 2 is 1.41 bits per heavy atom. The van der Waals surface area contributed by atoms with Gasteiger partial charge in [0, 0.05) is 11.0 Å². The van der Waals surface area contributed by atoms with Gasteiger partial charge < -0.3 is 0 Å². The topological polar surface area (TPSA) is 0 Å². The minimum Gasteiger partial charge on any atom is -0.0834 e. The Morgan fingerprint density at radius 3 is 2.12 bits per heavy atom. The van der Waals surface area contributed by atoms with E-state index < -0.39 is 0 Å². The first-order chi connectivity index (χ1) is 8.43. The van der Waals surface area contributed by atoms with Crippen LogP contribution in [-0.2, 0) is 0 Å². The van der Waals surface area contributed by atoms with Crippen LogP contribution in [0.25, 0.3) is 0 Å². The zero-order chi connectivity index (χ0) is 11.5. The Morgan fingerprint density at radius 1 is 0.765 bits per heavy atom. The van der Waals surface area contributed by atoms with Crippen LogP contribution in [0.5, 0.6) is 0 Å². The molecule has 82 valence electrons. The zero-order valence-electron chi connectivity index (χ0n) is 9.45. The van der Waals surface area contributed by atoms with E-state index in [4.69, 9.17) is 0 Å². The van der Waals surface area contributed by atoms with Crippen molar-refractivity contribution in [2.45, 2.75) is 5.66 Å². The van der Waals surface area contributed by atoms with Crippen molar-refractivity contribution in [1.82, 2.24) is 0 Å². The Bertz CT molecular complexity index is 553. The minimum atomic E-state index is 0.520. The summed E-state index contributed by atoms with van der Waals surface area (Å²) in [6.07, 6.45) is 4.56. The Balaban J connectivity index is 1.91. The summed E-state index contributed by atoms with van der Waals surface area (Å²) in [5.74, 6) is 0. The molecule has 1 aliphatic heterocycles. The summed E-state index contributed by atoms with van der Waals surface area (Å²) < 4.78 is 0. The number of hydrogen-bond acceptors (Lipinski definition) is 0. The van der Waals surface area contributed by atoms with Gasteiger partial charge in [-0.2, -0.15) is 0 Å². The van der Waals surface area contributed by atoms with Gasteiger partial charge in [0.05, 0.1) is 0 Å². The number of rotatable bonds is 2. The van der Waals surface area contributed by atoms with Crippen LogP contribution in [0.4, 0.5) is 0 Å². The quantitative estimate of drug-likeness (QED) is 0.675. The van der Waals surface area contributed by atoms with Crippen molar-refractivity contribution in [3.63, 3.8) is 0 Å². The highest BCUT2D eigenvalue weighted by molar-refractivity contribution is 7.43. The van der Waals surface area contributed by atoms with Crippen molar-refractivity contribution in [3.8, 4) is 0 Å². The third kappa shape index (κ3) is 2.23. The molecule has 1 heterocycles. The van der Waals surface area contributed by atoms with Crippen LogP contribution in [0.2, 0.25) is 0 Å². The van der Waals surface area contributed by atoms with Crippen molar-refractivity contribution in [1.29, 1.82) is 0 Å². The van der Waals surface area contributed by atoms with Gasteiger partial charge in [-0.1, -0.05) is 81.0 Å². The normalized spacial score (nSPS) is 19.1. The fourth-order valence-electron chi connectivity index (χ4n) is 2.03. The second-order valence-corrected chi connectivity index (χ2v) is 5.39. The van der Waals surface area contributed by atoms with E-state index in [1.54, 1.807) is 0 Å². The lowest BCUT2D eigenvalue weighted by Crippen LogP contribution is -1.89. The predicted molar refractivity (Wildman–Crippen MR) is 75.8 cm³/mol. The molecule has 0 nitrogen and oxygen atoms in total. The Kier molecular flexibility index (Phi) is 2.90. The molecule has 0 spiro atoms. The van der Waals surface area contributed by atoms with E-state index in [0.717, 1.165) is 0 Å². The van der Waals surface area contributed by atoms with Crippen LogP contribution >= 0.6 is 8.20 Å². The maximum atomic E-state index is 2.30. The molecule has 0 aromatic heterocycles. The van der Waals surface area contributed by atoms with E-state index in [0.29, 0.717) is 5.66 Å². The molecule has 2 aromatic carbocycles. The number of allylic oxidation sites excluding steroid dienone is 2. The van der Waals surface area contributed by atoms with Crippen LogP contribution < -0.4 is 0 Å². The number of benzene rings is 2. The third-order valence-electron chi connectivity index (χ3n) is 2.93. The molecule has 1 aliphatic rings. The second kappa shape index (κ2) is 4.69. The Labute approximate surface area is 103 Å². The summed E-state index contributed by atoms with van der Waals surface area (Å²) in [4.78, 5) is 0. The van der Waals surface area contributed by atoms with Crippen molar-refractivity contribution in [2.75, 3.05) is 0 Å². The molecule has 0 amide bonds. The smallest absolute Gasteiger partial charge is 0.0448 e. The minimum absolute atomic E-state index is 0.520. The molecule has 1 unspecified atom stereocenters. The van der Waals surface area contributed by atoms with Crippen LogP contribution in [0.1, 0.15) is 16.8 Å². The van der Waals surface area contributed by atoms with Crippen molar-refractivity contribution < 1.29 is 0 Å². The average molecular weight is 236 g/mol. The first-order valence-electron chi connectivity index (χ1n) is 5.80. The van der Waals surface area contributed by atoms with E-state index >= 15 is 0 Å². The maximum absolute atomic E-state index is 2.30. The van der Waals surface area contributed by atoms with E-state index in [-0.39, 0.29) is 0 Å². The number of hydrogen-bond donors (Lipinski definition) is 0. The molecule has 0 radical (unpaired) electrons. The standard InChI is InChI=1S/C16H13P/c1-3-7-13(8-4-1)15-11-12-16(17-15)14-9-5-2-6-10-14/h1-12,15H. The molecule has 0 aliphatic carbocycles. The lowest BCUT2D eigenvalue weighted by molar-refractivity contribution is 1.24. The van der Waals surface area contributed by atoms with Gasteiger partial charge in [0.15, 0.2) is 0 Å². The molecule has 0 saturated heterocycles. The molecular formula is C16H13P. The summed E-state index contributed by atoms with van der Waals surface area (Å²) in [5.41, 5.74) is 3.26. The van der Waals surface area contributed by atoms with Crippen molar-refractivity contribution in [3.05, 3.63) is 83.9 Å². The molecule has 1 atom stereocenters. The second-order valence-electron chi connectivity index (χ2n) is 4.10. The fourth-order valence-corrected chi connectivity index (χ4v) is 3.30. The highest BCUT2D eigenvalue weighted by Crippen LogP contribution is 2.36. The van der Waals surface area contributed by atoms with Crippen molar-refractivity contribution >= 4 is 13.5 Å². The molecule has 1 heteroatoms. The van der Waals surface area contributed by atoms with Gasteiger partial charge >= 0.3 is 0 Å². The van der Waals surface area contributed by atoms with E-state index in [1.807, 2.05) is 0 Å². The van der Waals surface area contributed by atoms with E-state index in [9.17, 15) is 0 Å². The Hall–Kier alpha value is -1.65. The fraction of sp³-hybridized carbons (Fsp3) is 0.0625. The maximum Gasteiger partial charge on any atom is 0.0448 e. The monoisotopic (exact) mass is 236 g/mol. The zero-order valence-corrected chi connectivity index (χ0v) is 10.3. The third-order valence-corrected chi connectivity index (χ3v) is 4.36. The molecule has 0 N–H and O–H groups in total. The van der Waals surface area contributed by atoms with Gasteiger partial charge in [-0.3, -0.25) is 0 Å². The molecule has 3 rings (SSSR count). The van der Waals surface area contributed by atoms with Gasteiger partial charge in [-0.25, -0.2) is 0 Å². The van der Waals surface area contributed by atoms with Crippen LogP contribution in [0, 0.1) is 0 Å². The lowest BCUT2D eigenvalue weighted by Gasteiger charge is -2.04. The highest BCUT2D eigenvalue weighted by atomic mass is 31.1. The molecule has 0 saturated carbocycles. The van der Waals surface area contributed by atoms with Gasteiger partial charge in [0.25, 0.3) is 0 Å². The first kappa shape index (κ1) is 10.5. The summed E-state index contributed by atoms with van der Waals surface area (Å²) in [6, 6.07) is 21.3.